The number of nitrogens with two attached hydrogens (primary N) is 1. The smallest absolute Gasteiger partial charge is 0.244 e. The molecule has 1 aromatic heterocycles. The van der Waals surface area contributed by atoms with Gasteiger partial charge in [-0.2, -0.15) is 4.31 Å². The topological polar surface area (TPSA) is 77.6 Å². The van der Waals surface area contributed by atoms with Crippen LogP contribution in [0.3, 0.4) is 0 Å². The summed E-state index contributed by atoms with van der Waals surface area (Å²) in [6.45, 7) is 2.41. The molecule has 0 amide bonds. The van der Waals surface area contributed by atoms with Crippen molar-refractivity contribution in [1.82, 2.24) is 8.87 Å². The fourth-order valence-electron chi connectivity index (χ4n) is 2.61. The molecule has 0 spiro atoms. The first-order chi connectivity index (χ1) is 9.63. The van der Waals surface area contributed by atoms with Crippen molar-refractivity contribution in [3.8, 4) is 0 Å². The van der Waals surface area contributed by atoms with E-state index in [4.69, 9.17) is 10.5 Å². The van der Waals surface area contributed by atoms with E-state index in [1.165, 1.54) is 4.31 Å². The van der Waals surface area contributed by atoms with Crippen molar-refractivity contribution in [2.75, 3.05) is 26.3 Å². The third-order valence-electron chi connectivity index (χ3n) is 3.88. The molecular weight excluding hydrogens is 278 g/mol. The monoisotopic (exact) mass is 299 g/mol. The summed E-state index contributed by atoms with van der Waals surface area (Å²) < 4.78 is 34.2. The van der Waals surface area contributed by atoms with Gasteiger partial charge in [0.2, 0.25) is 10.0 Å². The molecule has 1 saturated carbocycles. The second-order valence-electron chi connectivity index (χ2n) is 5.38. The first kappa shape index (κ1) is 14.1. The van der Waals surface area contributed by atoms with Crippen molar-refractivity contribution in [3.63, 3.8) is 0 Å². The van der Waals surface area contributed by atoms with Gasteiger partial charge in [-0.1, -0.05) is 0 Å². The van der Waals surface area contributed by atoms with Crippen LogP contribution in [0.5, 0.6) is 0 Å². The fourth-order valence-corrected chi connectivity index (χ4v) is 4.12. The van der Waals surface area contributed by atoms with Crippen LogP contribution in [0.15, 0.2) is 17.2 Å². The lowest BCUT2D eigenvalue weighted by molar-refractivity contribution is 0.148. The van der Waals surface area contributed by atoms with Crippen LogP contribution in [0.4, 0.5) is 0 Å². The molecule has 6 nitrogen and oxygen atoms in total. The lowest BCUT2D eigenvalue weighted by Crippen LogP contribution is -2.33. The van der Waals surface area contributed by atoms with Crippen molar-refractivity contribution >= 4 is 10.0 Å². The predicted molar refractivity (Wildman–Crippen MR) is 74.8 cm³/mol. The fraction of sp³-hybridized carbons (Fsp3) is 0.692. The molecule has 0 aromatic carbocycles. The van der Waals surface area contributed by atoms with Crippen LogP contribution in [-0.4, -0.2) is 43.6 Å². The summed E-state index contributed by atoms with van der Waals surface area (Å²) in [4.78, 5) is 0.367. The molecule has 1 aliphatic carbocycles. The van der Waals surface area contributed by atoms with Crippen molar-refractivity contribution in [1.29, 1.82) is 0 Å². The summed E-state index contributed by atoms with van der Waals surface area (Å²) in [7, 11) is -3.43. The number of hydrogen-bond donors (Lipinski definition) is 1. The van der Waals surface area contributed by atoms with Crippen molar-refractivity contribution in [2.24, 2.45) is 5.73 Å². The molecule has 1 saturated heterocycles. The SMILES string of the molecule is NCc1cc(S(=O)(=O)N2CCCOCC2)cn1C1CC1. The van der Waals surface area contributed by atoms with Crippen LogP contribution >= 0.6 is 0 Å². The van der Waals surface area contributed by atoms with Gasteiger partial charge in [0.15, 0.2) is 0 Å². The highest BCUT2D eigenvalue weighted by Crippen LogP contribution is 2.37. The number of nitrogens with zero attached hydrogens (tertiary/aromatic N) is 2. The van der Waals surface area contributed by atoms with Crippen LogP contribution in [0.25, 0.3) is 0 Å². The second kappa shape index (κ2) is 5.48. The highest BCUT2D eigenvalue weighted by molar-refractivity contribution is 7.89. The van der Waals surface area contributed by atoms with E-state index >= 15 is 0 Å². The van der Waals surface area contributed by atoms with Gasteiger partial charge in [-0.15, -0.1) is 0 Å². The zero-order valence-corrected chi connectivity index (χ0v) is 12.3. The number of rotatable bonds is 4. The average Bonchev–Trinajstić information content (AvgIpc) is 3.22. The minimum atomic E-state index is -3.43. The zero-order chi connectivity index (χ0) is 14.2. The van der Waals surface area contributed by atoms with E-state index in [-0.39, 0.29) is 0 Å². The van der Waals surface area contributed by atoms with E-state index in [2.05, 4.69) is 0 Å². The second-order valence-corrected chi connectivity index (χ2v) is 7.32. The highest BCUT2D eigenvalue weighted by Gasteiger charge is 2.31. The van der Waals surface area contributed by atoms with Crippen LogP contribution in [0.1, 0.15) is 31.0 Å². The standard InChI is InChI=1S/C13H21N3O3S/c14-9-12-8-13(10-16(12)11-2-3-11)20(17,18)15-4-1-6-19-7-5-15/h8,10-11H,1-7,9,14H2. The Bertz CT molecular complexity index is 570. The summed E-state index contributed by atoms with van der Waals surface area (Å²) in [5.74, 6) is 0. The summed E-state index contributed by atoms with van der Waals surface area (Å²) in [6.07, 6.45) is 4.71. The van der Waals surface area contributed by atoms with Crippen LogP contribution < -0.4 is 5.73 Å². The molecule has 0 atom stereocenters. The minimum Gasteiger partial charge on any atom is -0.380 e. The van der Waals surface area contributed by atoms with Crippen molar-refractivity contribution < 1.29 is 13.2 Å². The molecule has 0 bridgehead atoms. The van der Waals surface area contributed by atoms with E-state index < -0.39 is 10.0 Å². The van der Waals surface area contributed by atoms with Gasteiger partial charge in [0.25, 0.3) is 0 Å². The minimum absolute atomic E-state index is 0.367. The molecule has 20 heavy (non-hydrogen) atoms. The molecule has 112 valence electrons. The normalized spacial score (nSPS) is 21.9. The van der Waals surface area contributed by atoms with Gasteiger partial charge in [-0.3, -0.25) is 0 Å². The van der Waals surface area contributed by atoms with Gasteiger partial charge in [-0.05, 0) is 25.3 Å². The molecule has 1 aliphatic heterocycles. The summed E-state index contributed by atoms with van der Waals surface area (Å²) in [5.41, 5.74) is 6.63. The molecule has 2 heterocycles. The molecule has 3 rings (SSSR count). The maximum absolute atomic E-state index is 12.7. The maximum Gasteiger partial charge on any atom is 0.244 e. The van der Waals surface area contributed by atoms with Crippen LogP contribution in [0, 0.1) is 0 Å². The predicted octanol–water partition coefficient (Wildman–Crippen LogP) is 0.693. The number of aromatic nitrogens is 1. The quantitative estimate of drug-likeness (QED) is 0.887. The molecule has 0 unspecified atom stereocenters. The summed E-state index contributed by atoms with van der Waals surface area (Å²) >= 11 is 0. The molecule has 2 fully saturated rings. The lowest BCUT2D eigenvalue weighted by atomic mass is 10.4. The zero-order valence-electron chi connectivity index (χ0n) is 11.5. The first-order valence-corrected chi connectivity index (χ1v) is 8.55. The average molecular weight is 299 g/mol. The number of ether oxygens (including phenoxy) is 1. The third kappa shape index (κ3) is 2.63. The van der Waals surface area contributed by atoms with E-state index in [9.17, 15) is 8.42 Å². The molecule has 7 heteroatoms. The van der Waals surface area contributed by atoms with Gasteiger partial charge in [-0.25, -0.2) is 8.42 Å². The Balaban J connectivity index is 1.89. The molecule has 0 radical (unpaired) electrons. The van der Waals surface area contributed by atoms with Crippen LogP contribution in [0.2, 0.25) is 0 Å². The van der Waals surface area contributed by atoms with E-state index in [0.717, 1.165) is 25.0 Å². The Hall–Kier alpha value is -0.890. The van der Waals surface area contributed by atoms with Gasteiger partial charge < -0.3 is 15.0 Å². The Labute approximate surface area is 119 Å². The van der Waals surface area contributed by atoms with Crippen molar-refractivity contribution in [3.05, 3.63) is 18.0 Å². The summed E-state index contributed by atoms with van der Waals surface area (Å²) in [6, 6.07) is 2.16. The van der Waals surface area contributed by atoms with Gasteiger partial charge in [0.05, 0.1) is 6.61 Å². The maximum atomic E-state index is 12.7. The molecule has 1 aromatic rings. The molecular formula is C13H21N3O3S. The Morgan fingerprint density at radius 2 is 2.10 bits per heavy atom. The summed E-state index contributed by atoms with van der Waals surface area (Å²) in [5, 5.41) is 0. The number of sulfonamides is 1. The van der Waals surface area contributed by atoms with Gasteiger partial charge in [0.1, 0.15) is 4.90 Å². The first-order valence-electron chi connectivity index (χ1n) is 7.11. The molecule has 2 N–H and O–H groups in total. The number of hydrogen-bond acceptors (Lipinski definition) is 4. The Kier molecular flexibility index (Phi) is 3.85. The van der Waals surface area contributed by atoms with E-state index in [1.54, 1.807) is 12.3 Å². The Morgan fingerprint density at radius 1 is 1.30 bits per heavy atom. The molecule has 2 aliphatic rings. The van der Waals surface area contributed by atoms with Gasteiger partial charge in [0, 0.05) is 44.2 Å². The van der Waals surface area contributed by atoms with E-state index in [0.29, 0.717) is 43.8 Å². The van der Waals surface area contributed by atoms with E-state index in [1.807, 2.05) is 4.57 Å². The van der Waals surface area contributed by atoms with Gasteiger partial charge >= 0.3 is 0 Å². The Morgan fingerprint density at radius 3 is 2.80 bits per heavy atom. The van der Waals surface area contributed by atoms with Crippen LogP contribution in [-0.2, 0) is 21.3 Å². The highest BCUT2D eigenvalue weighted by atomic mass is 32.2. The largest absolute Gasteiger partial charge is 0.380 e. The third-order valence-corrected chi connectivity index (χ3v) is 5.74. The van der Waals surface area contributed by atoms with Crippen molar-refractivity contribution in [2.45, 2.75) is 36.7 Å². The lowest BCUT2D eigenvalue weighted by Gasteiger charge is -2.18.